The molecule has 132 valence electrons. The summed E-state index contributed by atoms with van der Waals surface area (Å²) in [6, 6.07) is 14.9. The van der Waals surface area contributed by atoms with Crippen molar-refractivity contribution in [1.82, 2.24) is 0 Å². The molecule has 0 aromatic heterocycles. The molecule has 1 amide bonds. The number of halogens is 1. The summed E-state index contributed by atoms with van der Waals surface area (Å²) in [5, 5.41) is 12.1. The van der Waals surface area contributed by atoms with Crippen LogP contribution >= 0.6 is 15.9 Å². The highest BCUT2D eigenvalue weighted by atomic mass is 79.9. The summed E-state index contributed by atoms with van der Waals surface area (Å²) in [6.45, 7) is 6.02. The predicted molar refractivity (Wildman–Crippen MR) is 108 cm³/mol. The number of nitriles is 1. The minimum absolute atomic E-state index is 0.00822. The molecule has 2 aromatic rings. The zero-order chi connectivity index (χ0) is 18.9. The number of carbonyl (C=O) groups excluding carboxylic acids is 1. The Morgan fingerprint density at radius 2 is 2.04 bits per heavy atom. The molecule has 0 saturated carbocycles. The molecule has 0 heterocycles. The first kappa shape index (κ1) is 19.5. The molecule has 26 heavy (non-hydrogen) atoms. The topological polar surface area (TPSA) is 62.1 Å². The Morgan fingerprint density at radius 3 is 2.65 bits per heavy atom. The van der Waals surface area contributed by atoms with Crippen LogP contribution in [0, 0.1) is 11.3 Å². The maximum absolute atomic E-state index is 12.4. The van der Waals surface area contributed by atoms with Crippen molar-refractivity contribution in [1.29, 1.82) is 5.26 Å². The summed E-state index contributed by atoms with van der Waals surface area (Å²) in [4.78, 5) is 12.4. The summed E-state index contributed by atoms with van der Waals surface area (Å²) in [5.41, 5.74) is 2.45. The SMILES string of the molecule is C=CCOc1ccc(Br)cc1/C=C(\C#N)C(=O)Nc1ccc(CC)cc1. The van der Waals surface area contributed by atoms with E-state index < -0.39 is 5.91 Å². The van der Waals surface area contributed by atoms with Crippen LogP contribution in [0.4, 0.5) is 5.69 Å². The lowest BCUT2D eigenvalue weighted by Gasteiger charge is -2.09. The largest absolute Gasteiger partial charge is 0.489 e. The normalized spacial score (nSPS) is 10.7. The minimum Gasteiger partial charge on any atom is -0.489 e. The van der Waals surface area contributed by atoms with E-state index in [1.807, 2.05) is 36.4 Å². The molecular formula is C21H19BrN2O2. The van der Waals surface area contributed by atoms with Crippen molar-refractivity contribution < 1.29 is 9.53 Å². The molecular weight excluding hydrogens is 392 g/mol. The fourth-order valence-electron chi connectivity index (χ4n) is 2.24. The lowest BCUT2D eigenvalue weighted by Crippen LogP contribution is -2.13. The van der Waals surface area contributed by atoms with Gasteiger partial charge in [-0.25, -0.2) is 0 Å². The second kappa shape index (κ2) is 9.59. The van der Waals surface area contributed by atoms with Gasteiger partial charge in [-0.2, -0.15) is 5.26 Å². The summed E-state index contributed by atoms with van der Waals surface area (Å²) >= 11 is 3.39. The standard InChI is InChI=1S/C21H19BrN2O2/c1-3-11-26-20-10-7-18(22)13-16(20)12-17(14-23)21(25)24-19-8-5-15(4-2)6-9-19/h3,5-10,12-13H,1,4,11H2,2H3,(H,24,25)/b17-12+. The van der Waals surface area contributed by atoms with Gasteiger partial charge < -0.3 is 10.1 Å². The molecule has 0 aliphatic heterocycles. The van der Waals surface area contributed by atoms with E-state index in [1.54, 1.807) is 18.2 Å². The summed E-state index contributed by atoms with van der Waals surface area (Å²) in [6.07, 6.45) is 4.07. The van der Waals surface area contributed by atoms with Crippen LogP contribution in [0.15, 0.2) is 65.2 Å². The number of ether oxygens (including phenoxy) is 1. The van der Waals surface area contributed by atoms with Gasteiger partial charge in [0.1, 0.15) is 24.0 Å². The number of nitrogens with zero attached hydrogens (tertiary/aromatic N) is 1. The van der Waals surface area contributed by atoms with E-state index in [0.717, 1.165) is 10.9 Å². The van der Waals surface area contributed by atoms with Crippen LogP contribution in [-0.4, -0.2) is 12.5 Å². The number of rotatable bonds is 7. The van der Waals surface area contributed by atoms with Crippen molar-refractivity contribution >= 4 is 33.6 Å². The molecule has 2 aromatic carbocycles. The molecule has 1 N–H and O–H groups in total. The van der Waals surface area contributed by atoms with Crippen molar-refractivity contribution in [3.8, 4) is 11.8 Å². The van der Waals surface area contributed by atoms with Crippen LogP contribution in [0.1, 0.15) is 18.1 Å². The molecule has 0 aliphatic rings. The van der Waals surface area contributed by atoms with Crippen LogP contribution in [-0.2, 0) is 11.2 Å². The van der Waals surface area contributed by atoms with Crippen molar-refractivity contribution in [2.45, 2.75) is 13.3 Å². The van der Waals surface area contributed by atoms with Crippen molar-refractivity contribution in [2.75, 3.05) is 11.9 Å². The number of amides is 1. The summed E-state index contributed by atoms with van der Waals surface area (Å²) < 4.78 is 6.41. The van der Waals surface area contributed by atoms with E-state index >= 15 is 0 Å². The van der Waals surface area contributed by atoms with Gasteiger partial charge >= 0.3 is 0 Å². The van der Waals surface area contributed by atoms with Gasteiger partial charge in [0.2, 0.25) is 0 Å². The number of aryl methyl sites for hydroxylation is 1. The van der Waals surface area contributed by atoms with E-state index in [4.69, 9.17) is 4.74 Å². The second-order valence-electron chi connectivity index (χ2n) is 5.46. The van der Waals surface area contributed by atoms with E-state index in [1.165, 1.54) is 11.6 Å². The average Bonchev–Trinajstić information content (AvgIpc) is 2.65. The molecule has 0 atom stereocenters. The van der Waals surface area contributed by atoms with Gasteiger partial charge in [-0.3, -0.25) is 4.79 Å². The predicted octanol–water partition coefficient (Wildman–Crippen LogP) is 5.12. The molecule has 2 rings (SSSR count). The second-order valence-corrected chi connectivity index (χ2v) is 6.37. The van der Waals surface area contributed by atoms with Crippen LogP contribution in [0.3, 0.4) is 0 Å². The van der Waals surface area contributed by atoms with Crippen molar-refractivity contribution in [3.63, 3.8) is 0 Å². The van der Waals surface area contributed by atoms with Crippen LogP contribution in [0.2, 0.25) is 0 Å². The molecule has 0 radical (unpaired) electrons. The van der Waals surface area contributed by atoms with Gasteiger partial charge in [0, 0.05) is 15.7 Å². The van der Waals surface area contributed by atoms with Crippen LogP contribution in [0.25, 0.3) is 6.08 Å². The fraction of sp³-hybridized carbons (Fsp3) is 0.143. The monoisotopic (exact) mass is 410 g/mol. The van der Waals surface area contributed by atoms with Crippen LogP contribution < -0.4 is 10.1 Å². The highest BCUT2D eigenvalue weighted by molar-refractivity contribution is 9.10. The smallest absolute Gasteiger partial charge is 0.266 e. The first-order valence-corrected chi connectivity index (χ1v) is 8.92. The Bertz CT molecular complexity index is 865. The fourth-order valence-corrected chi connectivity index (χ4v) is 2.62. The third kappa shape index (κ3) is 5.33. The third-order valence-electron chi connectivity index (χ3n) is 3.61. The Hall–Kier alpha value is -2.84. The van der Waals surface area contributed by atoms with Crippen molar-refractivity contribution in [3.05, 3.63) is 76.3 Å². The van der Waals surface area contributed by atoms with E-state index in [2.05, 4.69) is 34.7 Å². The maximum Gasteiger partial charge on any atom is 0.266 e. The Kier molecular flexibility index (Phi) is 7.19. The first-order valence-electron chi connectivity index (χ1n) is 8.12. The zero-order valence-electron chi connectivity index (χ0n) is 14.5. The maximum atomic E-state index is 12.4. The van der Waals surface area contributed by atoms with Crippen LogP contribution in [0.5, 0.6) is 5.75 Å². The molecule has 0 fully saturated rings. The Labute approximate surface area is 161 Å². The molecule has 0 bridgehead atoms. The van der Waals surface area contributed by atoms with Gasteiger partial charge in [0.25, 0.3) is 5.91 Å². The molecule has 4 nitrogen and oxygen atoms in total. The Morgan fingerprint density at radius 1 is 1.31 bits per heavy atom. The number of anilines is 1. The third-order valence-corrected chi connectivity index (χ3v) is 4.11. The van der Waals surface area contributed by atoms with E-state index in [-0.39, 0.29) is 5.57 Å². The van der Waals surface area contributed by atoms with Gasteiger partial charge in [-0.05, 0) is 48.4 Å². The zero-order valence-corrected chi connectivity index (χ0v) is 16.0. The van der Waals surface area contributed by atoms with Gasteiger partial charge in [-0.15, -0.1) is 0 Å². The summed E-state index contributed by atoms with van der Waals surface area (Å²) in [5.74, 6) is 0.104. The number of hydrogen-bond acceptors (Lipinski definition) is 3. The summed E-state index contributed by atoms with van der Waals surface area (Å²) in [7, 11) is 0. The number of carbonyl (C=O) groups is 1. The molecule has 0 unspecified atom stereocenters. The minimum atomic E-state index is -0.466. The van der Waals surface area contributed by atoms with E-state index in [0.29, 0.717) is 23.6 Å². The van der Waals surface area contributed by atoms with Gasteiger partial charge in [-0.1, -0.05) is 47.6 Å². The lowest BCUT2D eigenvalue weighted by molar-refractivity contribution is -0.112. The Balaban J connectivity index is 2.26. The highest BCUT2D eigenvalue weighted by Crippen LogP contribution is 2.26. The lowest BCUT2D eigenvalue weighted by atomic mass is 10.1. The first-order chi connectivity index (χ1) is 12.6. The van der Waals surface area contributed by atoms with E-state index in [9.17, 15) is 10.1 Å². The number of hydrogen-bond donors (Lipinski definition) is 1. The van der Waals surface area contributed by atoms with Gasteiger partial charge in [0.05, 0.1) is 0 Å². The molecule has 0 aliphatic carbocycles. The molecule has 0 spiro atoms. The molecule has 5 heteroatoms. The highest BCUT2D eigenvalue weighted by Gasteiger charge is 2.12. The van der Waals surface area contributed by atoms with Gasteiger partial charge in [0.15, 0.2) is 0 Å². The average molecular weight is 411 g/mol. The molecule has 0 saturated heterocycles. The number of benzene rings is 2. The quantitative estimate of drug-likeness (QED) is 0.391. The van der Waals surface area contributed by atoms with Crippen molar-refractivity contribution in [2.24, 2.45) is 0 Å². The number of nitrogens with one attached hydrogen (secondary N) is 1.